The minimum Gasteiger partial charge on any atom is -0.450 e. The van der Waals surface area contributed by atoms with E-state index >= 15 is 0 Å². The summed E-state index contributed by atoms with van der Waals surface area (Å²) in [5, 5.41) is 0. The lowest BCUT2D eigenvalue weighted by Gasteiger charge is -2.01. The van der Waals surface area contributed by atoms with Gasteiger partial charge in [-0.1, -0.05) is 30.3 Å². The van der Waals surface area contributed by atoms with Gasteiger partial charge in [0.05, 0.1) is 6.61 Å². The van der Waals surface area contributed by atoms with Crippen LogP contribution in [0.15, 0.2) is 30.3 Å². The molecule has 0 unspecified atom stereocenters. The van der Waals surface area contributed by atoms with Crippen LogP contribution in [-0.4, -0.2) is 18.5 Å². The molecule has 0 saturated carbocycles. The Bertz CT molecular complexity index is 335. The molecule has 0 spiro atoms. The van der Waals surface area contributed by atoms with Crippen molar-refractivity contribution in [3.05, 3.63) is 35.9 Å². The number of ether oxygens (including phenoxy) is 1. The summed E-state index contributed by atoms with van der Waals surface area (Å²) >= 11 is 0. The molecule has 4 heteroatoms. The van der Waals surface area contributed by atoms with Crippen molar-refractivity contribution in [2.24, 2.45) is 5.73 Å². The number of benzene rings is 1. The number of carbonyl (C=O) groups excluding carboxylic acids is 2. The largest absolute Gasteiger partial charge is 0.450 e. The normalized spacial score (nSPS) is 9.60. The molecule has 1 rings (SSSR count). The first kappa shape index (κ1) is 11.2. The maximum absolute atomic E-state index is 11.5. The maximum Gasteiger partial charge on any atom is 0.404 e. The second-order valence-electron chi connectivity index (χ2n) is 3.06. The molecule has 0 aliphatic rings. The standard InChI is InChI=1S/C11H13NO3/c12-11(14)15-8-4-7-10(13)9-5-2-1-3-6-9/h1-3,5-6H,4,7-8H2,(H2,12,14). The molecule has 15 heavy (non-hydrogen) atoms. The lowest BCUT2D eigenvalue weighted by atomic mass is 10.1. The SMILES string of the molecule is NC(=O)OCCCC(=O)c1ccccc1. The summed E-state index contributed by atoms with van der Waals surface area (Å²) in [4.78, 5) is 21.7. The van der Waals surface area contributed by atoms with Crippen LogP contribution in [0.5, 0.6) is 0 Å². The molecule has 2 N–H and O–H groups in total. The monoisotopic (exact) mass is 207 g/mol. The molecule has 0 atom stereocenters. The van der Waals surface area contributed by atoms with E-state index in [-0.39, 0.29) is 12.4 Å². The lowest BCUT2D eigenvalue weighted by Crippen LogP contribution is -2.14. The second kappa shape index (κ2) is 5.80. The number of ketones is 1. The first-order valence-corrected chi connectivity index (χ1v) is 4.70. The van der Waals surface area contributed by atoms with Crippen molar-refractivity contribution in [3.63, 3.8) is 0 Å². The smallest absolute Gasteiger partial charge is 0.404 e. The Morgan fingerprint density at radius 1 is 1.20 bits per heavy atom. The first-order valence-electron chi connectivity index (χ1n) is 4.70. The minimum atomic E-state index is -0.804. The Morgan fingerprint density at radius 3 is 2.47 bits per heavy atom. The summed E-state index contributed by atoms with van der Waals surface area (Å²) in [7, 11) is 0. The van der Waals surface area contributed by atoms with Crippen molar-refractivity contribution in [3.8, 4) is 0 Å². The van der Waals surface area contributed by atoms with E-state index in [4.69, 9.17) is 5.73 Å². The number of amides is 1. The fraction of sp³-hybridized carbons (Fsp3) is 0.273. The number of rotatable bonds is 5. The van der Waals surface area contributed by atoms with E-state index in [0.29, 0.717) is 18.4 Å². The molecule has 0 aliphatic carbocycles. The summed E-state index contributed by atoms with van der Waals surface area (Å²) in [6.07, 6.45) is 0.0516. The highest BCUT2D eigenvalue weighted by molar-refractivity contribution is 5.95. The van der Waals surface area contributed by atoms with Gasteiger partial charge < -0.3 is 10.5 Å². The fourth-order valence-electron chi connectivity index (χ4n) is 1.17. The summed E-state index contributed by atoms with van der Waals surface area (Å²) < 4.78 is 4.51. The van der Waals surface area contributed by atoms with Gasteiger partial charge in [-0.25, -0.2) is 4.79 Å². The Hall–Kier alpha value is -1.84. The van der Waals surface area contributed by atoms with Crippen LogP contribution in [0.2, 0.25) is 0 Å². The van der Waals surface area contributed by atoms with Crippen molar-refractivity contribution < 1.29 is 14.3 Å². The topological polar surface area (TPSA) is 69.4 Å². The predicted octanol–water partition coefficient (Wildman–Crippen LogP) is 1.74. The van der Waals surface area contributed by atoms with Crippen LogP contribution in [0.3, 0.4) is 0 Å². The van der Waals surface area contributed by atoms with E-state index in [2.05, 4.69) is 4.74 Å². The minimum absolute atomic E-state index is 0.0451. The van der Waals surface area contributed by atoms with Gasteiger partial charge in [-0.15, -0.1) is 0 Å². The molecule has 0 fully saturated rings. The molecule has 1 amide bonds. The Morgan fingerprint density at radius 2 is 1.87 bits per heavy atom. The zero-order valence-electron chi connectivity index (χ0n) is 8.31. The Kier molecular flexibility index (Phi) is 4.34. The van der Waals surface area contributed by atoms with Crippen molar-refractivity contribution in [2.45, 2.75) is 12.8 Å². The van der Waals surface area contributed by atoms with Crippen molar-refractivity contribution in [1.29, 1.82) is 0 Å². The number of hydrogen-bond acceptors (Lipinski definition) is 3. The summed E-state index contributed by atoms with van der Waals surface area (Å²) in [5.41, 5.74) is 5.45. The van der Waals surface area contributed by atoms with Crippen molar-refractivity contribution in [2.75, 3.05) is 6.61 Å². The molecule has 0 heterocycles. The highest BCUT2D eigenvalue weighted by Crippen LogP contribution is 2.04. The summed E-state index contributed by atoms with van der Waals surface area (Å²) in [6, 6.07) is 9.00. The summed E-state index contributed by atoms with van der Waals surface area (Å²) in [5.74, 6) is 0.0451. The lowest BCUT2D eigenvalue weighted by molar-refractivity contribution is 0.0963. The van der Waals surface area contributed by atoms with E-state index < -0.39 is 6.09 Å². The zero-order chi connectivity index (χ0) is 11.1. The molecule has 0 bridgehead atoms. The van der Waals surface area contributed by atoms with Crippen LogP contribution in [-0.2, 0) is 4.74 Å². The van der Waals surface area contributed by atoms with Crippen molar-refractivity contribution in [1.82, 2.24) is 0 Å². The van der Waals surface area contributed by atoms with Crippen LogP contribution >= 0.6 is 0 Å². The quantitative estimate of drug-likeness (QED) is 0.590. The van der Waals surface area contributed by atoms with Gasteiger partial charge in [0.1, 0.15) is 0 Å². The molecule has 0 aromatic heterocycles. The van der Waals surface area contributed by atoms with E-state index in [1.165, 1.54) is 0 Å². The van der Waals surface area contributed by atoms with Gasteiger partial charge in [0.15, 0.2) is 5.78 Å². The van der Waals surface area contributed by atoms with Crippen LogP contribution < -0.4 is 5.73 Å². The molecular weight excluding hydrogens is 194 g/mol. The highest BCUT2D eigenvalue weighted by atomic mass is 16.5. The van der Waals surface area contributed by atoms with E-state index in [1.54, 1.807) is 12.1 Å². The van der Waals surface area contributed by atoms with Gasteiger partial charge in [0.2, 0.25) is 0 Å². The molecule has 0 radical (unpaired) electrons. The van der Waals surface area contributed by atoms with Gasteiger partial charge in [0.25, 0.3) is 0 Å². The van der Waals surface area contributed by atoms with Gasteiger partial charge in [-0.3, -0.25) is 4.79 Å². The third kappa shape index (κ3) is 4.26. The van der Waals surface area contributed by atoms with E-state index in [0.717, 1.165) is 0 Å². The van der Waals surface area contributed by atoms with Crippen molar-refractivity contribution >= 4 is 11.9 Å². The maximum atomic E-state index is 11.5. The molecule has 0 saturated heterocycles. The molecule has 4 nitrogen and oxygen atoms in total. The zero-order valence-corrected chi connectivity index (χ0v) is 8.31. The molecule has 0 aliphatic heterocycles. The number of primary amides is 1. The molecule has 1 aromatic rings. The Balaban J connectivity index is 2.28. The van der Waals surface area contributed by atoms with Gasteiger partial charge >= 0.3 is 6.09 Å². The first-order chi connectivity index (χ1) is 7.20. The summed E-state index contributed by atoms with van der Waals surface area (Å²) in [6.45, 7) is 0.188. The number of hydrogen-bond donors (Lipinski definition) is 1. The van der Waals surface area contributed by atoms with Gasteiger partial charge in [-0.05, 0) is 6.42 Å². The van der Waals surface area contributed by atoms with Crippen LogP contribution in [0.1, 0.15) is 23.2 Å². The number of carbonyl (C=O) groups is 2. The fourth-order valence-corrected chi connectivity index (χ4v) is 1.17. The highest BCUT2D eigenvalue weighted by Gasteiger charge is 2.04. The van der Waals surface area contributed by atoms with E-state index in [9.17, 15) is 9.59 Å². The average Bonchev–Trinajstić information content (AvgIpc) is 2.25. The Labute approximate surface area is 88.0 Å². The number of nitrogens with two attached hydrogens (primary N) is 1. The average molecular weight is 207 g/mol. The van der Waals surface area contributed by atoms with Gasteiger partial charge in [-0.2, -0.15) is 0 Å². The predicted molar refractivity (Wildman–Crippen MR) is 55.5 cm³/mol. The molecule has 1 aromatic carbocycles. The second-order valence-corrected chi connectivity index (χ2v) is 3.06. The third-order valence-corrected chi connectivity index (χ3v) is 1.89. The van der Waals surface area contributed by atoms with Gasteiger partial charge in [0, 0.05) is 12.0 Å². The molecule has 80 valence electrons. The van der Waals surface area contributed by atoms with E-state index in [1.807, 2.05) is 18.2 Å². The van der Waals surface area contributed by atoms with Crippen LogP contribution in [0.25, 0.3) is 0 Å². The molecular formula is C11H13NO3. The number of Topliss-reactive ketones (excluding diaryl/α,β-unsaturated/α-hetero) is 1. The van der Waals surface area contributed by atoms with Crippen LogP contribution in [0.4, 0.5) is 4.79 Å². The van der Waals surface area contributed by atoms with Crippen LogP contribution in [0, 0.1) is 0 Å². The third-order valence-electron chi connectivity index (χ3n) is 1.89.